The van der Waals surface area contributed by atoms with Crippen LogP contribution in [0.4, 0.5) is 0 Å². The van der Waals surface area contributed by atoms with Gasteiger partial charge in [0, 0.05) is 19.5 Å². The molecule has 0 saturated heterocycles. The van der Waals surface area contributed by atoms with E-state index in [-0.39, 0.29) is 5.91 Å². The number of fused-ring (bicyclic) bond motifs is 1. The van der Waals surface area contributed by atoms with Crippen LogP contribution in [0, 0.1) is 11.3 Å². The quantitative estimate of drug-likeness (QED) is 0.802. The second kappa shape index (κ2) is 4.49. The van der Waals surface area contributed by atoms with E-state index in [9.17, 15) is 4.79 Å². The highest BCUT2D eigenvalue weighted by Gasteiger charge is 2.22. The maximum atomic E-state index is 12.3. The second-order valence-electron chi connectivity index (χ2n) is 4.21. The van der Waals surface area contributed by atoms with Gasteiger partial charge in [0.05, 0.1) is 11.6 Å². The summed E-state index contributed by atoms with van der Waals surface area (Å²) in [4.78, 5) is 13.7. The SMILES string of the molecule is CC(C#N)N(C)C(=O)c1nn(C)c2ccccc12. The Morgan fingerprint density at radius 1 is 1.50 bits per heavy atom. The third kappa shape index (κ3) is 1.82. The van der Waals surface area contributed by atoms with Crippen LogP contribution in [0.3, 0.4) is 0 Å². The number of rotatable bonds is 2. The Balaban J connectivity index is 2.49. The first kappa shape index (κ1) is 12.1. The smallest absolute Gasteiger partial charge is 0.275 e. The van der Waals surface area contributed by atoms with Crippen LogP contribution in [-0.4, -0.2) is 33.7 Å². The van der Waals surface area contributed by atoms with Gasteiger partial charge in [-0.1, -0.05) is 18.2 Å². The molecule has 5 nitrogen and oxygen atoms in total. The van der Waals surface area contributed by atoms with E-state index in [0.717, 1.165) is 10.9 Å². The molecular weight excluding hydrogens is 228 g/mol. The zero-order valence-corrected chi connectivity index (χ0v) is 10.6. The highest BCUT2D eigenvalue weighted by atomic mass is 16.2. The van der Waals surface area contributed by atoms with E-state index in [4.69, 9.17) is 5.26 Å². The molecule has 1 aromatic carbocycles. The van der Waals surface area contributed by atoms with Crippen molar-refractivity contribution in [2.24, 2.45) is 7.05 Å². The number of nitriles is 1. The highest BCUT2D eigenvalue weighted by molar-refractivity contribution is 6.04. The van der Waals surface area contributed by atoms with Gasteiger partial charge in [-0.3, -0.25) is 9.48 Å². The van der Waals surface area contributed by atoms with Crippen molar-refractivity contribution in [3.8, 4) is 6.07 Å². The largest absolute Gasteiger partial charge is 0.325 e. The lowest BCUT2D eigenvalue weighted by atomic mass is 10.2. The number of carbonyl (C=O) groups is 1. The number of amides is 1. The fourth-order valence-corrected chi connectivity index (χ4v) is 1.80. The average molecular weight is 242 g/mol. The molecule has 0 radical (unpaired) electrons. The Labute approximate surface area is 105 Å². The minimum atomic E-state index is -0.474. The van der Waals surface area contributed by atoms with Gasteiger partial charge in [0.2, 0.25) is 0 Å². The van der Waals surface area contributed by atoms with Gasteiger partial charge in [0.25, 0.3) is 5.91 Å². The van der Waals surface area contributed by atoms with Crippen LogP contribution in [0.1, 0.15) is 17.4 Å². The van der Waals surface area contributed by atoms with E-state index in [1.54, 1.807) is 25.7 Å². The lowest BCUT2D eigenvalue weighted by molar-refractivity contribution is 0.0768. The van der Waals surface area contributed by atoms with Gasteiger partial charge in [-0.05, 0) is 13.0 Å². The molecule has 5 heteroatoms. The zero-order chi connectivity index (χ0) is 13.3. The fourth-order valence-electron chi connectivity index (χ4n) is 1.80. The van der Waals surface area contributed by atoms with E-state index in [2.05, 4.69) is 5.10 Å². The number of hydrogen-bond donors (Lipinski definition) is 0. The maximum absolute atomic E-state index is 12.3. The van der Waals surface area contributed by atoms with Gasteiger partial charge in [-0.25, -0.2) is 0 Å². The van der Waals surface area contributed by atoms with Crippen molar-refractivity contribution in [1.29, 1.82) is 5.26 Å². The van der Waals surface area contributed by atoms with Gasteiger partial charge in [0.1, 0.15) is 6.04 Å². The summed E-state index contributed by atoms with van der Waals surface area (Å²) >= 11 is 0. The van der Waals surface area contributed by atoms with Crippen molar-refractivity contribution in [3.63, 3.8) is 0 Å². The third-order valence-electron chi connectivity index (χ3n) is 3.05. The molecule has 1 unspecified atom stereocenters. The molecule has 0 aliphatic rings. The molecule has 0 fully saturated rings. The summed E-state index contributed by atoms with van der Waals surface area (Å²) in [5.41, 5.74) is 1.29. The minimum Gasteiger partial charge on any atom is -0.325 e. The van der Waals surface area contributed by atoms with Crippen molar-refractivity contribution in [2.45, 2.75) is 13.0 Å². The van der Waals surface area contributed by atoms with Crippen molar-refractivity contribution in [3.05, 3.63) is 30.0 Å². The summed E-state index contributed by atoms with van der Waals surface area (Å²) in [6.07, 6.45) is 0. The molecule has 0 aliphatic heterocycles. The molecule has 1 aromatic heterocycles. The number of benzene rings is 1. The summed E-state index contributed by atoms with van der Waals surface area (Å²) < 4.78 is 1.67. The first-order chi connectivity index (χ1) is 8.56. The van der Waals surface area contributed by atoms with Gasteiger partial charge >= 0.3 is 0 Å². The number of para-hydroxylation sites is 1. The molecule has 2 rings (SSSR count). The molecule has 1 atom stereocenters. The van der Waals surface area contributed by atoms with E-state index in [1.165, 1.54) is 4.90 Å². The molecule has 0 saturated carbocycles. The summed E-state index contributed by atoms with van der Waals surface area (Å²) in [6.45, 7) is 1.68. The monoisotopic (exact) mass is 242 g/mol. The molecule has 1 amide bonds. The summed E-state index contributed by atoms with van der Waals surface area (Å²) in [5.74, 6) is -0.235. The van der Waals surface area contributed by atoms with Crippen molar-refractivity contribution < 1.29 is 4.79 Å². The number of aromatic nitrogens is 2. The lowest BCUT2D eigenvalue weighted by Gasteiger charge is -2.18. The first-order valence-corrected chi connectivity index (χ1v) is 5.64. The molecule has 2 aromatic rings. The molecule has 0 bridgehead atoms. The van der Waals surface area contributed by atoms with Crippen molar-refractivity contribution in [1.82, 2.24) is 14.7 Å². The molecule has 18 heavy (non-hydrogen) atoms. The zero-order valence-electron chi connectivity index (χ0n) is 10.6. The fraction of sp³-hybridized carbons (Fsp3) is 0.308. The Morgan fingerprint density at radius 2 is 2.17 bits per heavy atom. The molecule has 0 aliphatic carbocycles. The molecule has 0 spiro atoms. The minimum absolute atomic E-state index is 0.235. The van der Waals surface area contributed by atoms with Crippen LogP contribution in [-0.2, 0) is 7.05 Å². The number of aryl methyl sites for hydroxylation is 1. The highest BCUT2D eigenvalue weighted by Crippen LogP contribution is 2.19. The Kier molecular flexibility index (Phi) is 3.02. The standard InChI is InChI=1S/C13H14N4O/c1-9(8-14)16(2)13(18)12-10-6-4-5-7-11(10)17(3)15-12/h4-7,9H,1-3H3. The van der Waals surface area contributed by atoms with E-state index >= 15 is 0 Å². The van der Waals surface area contributed by atoms with Gasteiger partial charge in [-0.2, -0.15) is 10.4 Å². The van der Waals surface area contributed by atoms with Gasteiger partial charge in [0.15, 0.2) is 5.69 Å². The number of hydrogen-bond acceptors (Lipinski definition) is 3. The van der Waals surface area contributed by atoms with Crippen LogP contribution in [0.2, 0.25) is 0 Å². The molecule has 92 valence electrons. The van der Waals surface area contributed by atoms with Gasteiger partial charge < -0.3 is 4.90 Å². The third-order valence-corrected chi connectivity index (χ3v) is 3.05. The van der Waals surface area contributed by atoms with E-state index in [0.29, 0.717) is 5.69 Å². The Morgan fingerprint density at radius 3 is 2.83 bits per heavy atom. The van der Waals surface area contributed by atoms with Crippen LogP contribution in [0.15, 0.2) is 24.3 Å². The second-order valence-corrected chi connectivity index (χ2v) is 4.21. The summed E-state index contributed by atoms with van der Waals surface area (Å²) in [7, 11) is 3.41. The lowest BCUT2D eigenvalue weighted by Crippen LogP contribution is -2.34. The Bertz CT molecular complexity index is 638. The van der Waals surface area contributed by atoms with E-state index < -0.39 is 6.04 Å². The molecular formula is C13H14N4O. The van der Waals surface area contributed by atoms with Crippen molar-refractivity contribution >= 4 is 16.8 Å². The van der Waals surface area contributed by atoms with E-state index in [1.807, 2.05) is 30.3 Å². The predicted octanol–water partition coefficient (Wildman–Crippen LogP) is 1.56. The Hall–Kier alpha value is -2.35. The van der Waals surface area contributed by atoms with Crippen LogP contribution >= 0.6 is 0 Å². The predicted molar refractivity (Wildman–Crippen MR) is 67.9 cm³/mol. The molecule has 1 heterocycles. The van der Waals surface area contributed by atoms with Crippen LogP contribution < -0.4 is 0 Å². The van der Waals surface area contributed by atoms with Crippen LogP contribution in [0.5, 0.6) is 0 Å². The topological polar surface area (TPSA) is 61.9 Å². The summed E-state index contributed by atoms with van der Waals surface area (Å²) in [6, 6.07) is 9.11. The normalized spacial score (nSPS) is 12.1. The number of nitrogens with zero attached hydrogens (tertiary/aromatic N) is 4. The van der Waals surface area contributed by atoms with Crippen LogP contribution in [0.25, 0.3) is 10.9 Å². The maximum Gasteiger partial charge on any atom is 0.275 e. The van der Waals surface area contributed by atoms with Gasteiger partial charge in [-0.15, -0.1) is 0 Å². The van der Waals surface area contributed by atoms with Crippen molar-refractivity contribution in [2.75, 3.05) is 7.05 Å². The molecule has 0 N–H and O–H groups in total. The number of carbonyl (C=O) groups excluding carboxylic acids is 1. The summed E-state index contributed by atoms with van der Waals surface area (Å²) in [5, 5.41) is 13.9. The first-order valence-electron chi connectivity index (χ1n) is 5.64. The average Bonchev–Trinajstić information content (AvgIpc) is 2.74.